The average molecular weight is 338 g/mol. The van der Waals surface area contributed by atoms with E-state index in [2.05, 4.69) is 5.32 Å². The summed E-state index contributed by atoms with van der Waals surface area (Å²) in [4.78, 5) is 14.4. The van der Waals surface area contributed by atoms with Gasteiger partial charge in [0.1, 0.15) is 0 Å². The molecule has 120 valence electrons. The Morgan fingerprint density at radius 1 is 0.833 bits per heavy atom. The standard InChI is InChI=1S/C19H16ClN3O/c20-14-6-10-16(11-7-14)22-19(24)23(17-4-2-1-3-5-17)18-12-8-15(21)9-13-18/h1-13H,21H2,(H,22,24). The fourth-order valence-corrected chi connectivity index (χ4v) is 2.42. The Hall–Kier alpha value is -2.98. The van der Waals surface area contributed by atoms with Gasteiger partial charge < -0.3 is 11.1 Å². The normalized spacial score (nSPS) is 10.2. The van der Waals surface area contributed by atoms with Crippen molar-refractivity contribution in [2.45, 2.75) is 0 Å². The van der Waals surface area contributed by atoms with E-state index in [9.17, 15) is 4.79 Å². The van der Waals surface area contributed by atoms with Gasteiger partial charge in [-0.15, -0.1) is 0 Å². The van der Waals surface area contributed by atoms with Gasteiger partial charge in [-0.1, -0.05) is 29.8 Å². The van der Waals surface area contributed by atoms with Crippen molar-refractivity contribution in [3.05, 3.63) is 83.9 Å². The molecule has 3 aromatic carbocycles. The summed E-state index contributed by atoms with van der Waals surface area (Å²) in [5, 5.41) is 3.49. The van der Waals surface area contributed by atoms with Gasteiger partial charge in [-0.25, -0.2) is 4.79 Å². The molecule has 0 radical (unpaired) electrons. The second kappa shape index (κ2) is 7.06. The highest BCUT2D eigenvalue weighted by Gasteiger charge is 2.18. The lowest BCUT2D eigenvalue weighted by Gasteiger charge is -2.23. The molecule has 0 aliphatic rings. The molecule has 5 heteroatoms. The van der Waals surface area contributed by atoms with E-state index in [0.29, 0.717) is 16.4 Å². The Kier molecular flexibility index (Phi) is 4.68. The average Bonchev–Trinajstić information content (AvgIpc) is 2.60. The number of anilines is 4. The molecule has 0 spiro atoms. The molecule has 2 amide bonds. The Labute approximate surface area is 145 Å². The molecular weight excluding hydrogens is 322 g/mol. The Morgan fingerprint density at radius 3 is 2.04 bits per heavy atom. The fourth-order valence-electron chi connectivity index (χ4n) is 2.30. The molecule has 3 N–H and O–H groups in total. The predicted molar refractivity (Wildman–Crippen MR) is 99.9 cm³/mol. The largest absolute Gasteiger partial charge is 0.399 e. The number of carbonyl (C=O) groups excluding carboxylic acids is 1. The van der Waals surface area contributed by atoms with Crippen molar-refractivity contribution in [3.63, 3.8) is 0 Å². The van der Waals surface area contributed by atoms with E-state index in [4.69, 9.17) is 17.3 Å². The number of halogens is 1. The van der Waals surface area contributed by atoms with Gasteiger partial charge >= 0.3 is 6.03 Å². The summed E-state index contributed by atoms with van der Waals surface area (Å²) in [6.07, 6.45) is 0. The first kappa shape index (κ1) is 15.9. The minimum Gasteiger partial charge on any atom is -0.399 e. The van der Waals surface area contributed by atoms with E-state index in [1.165, 1.54) is 0 Å². The second-order valence-electron chi connectivity index (χ2n) is 5.20. The first-order valence-electron chi connectivity index (χ1n) is 7.41. The van der Waals surface area contributed by atoms with Gasteiger partial charge in [-0.2, -0.15) is 0 Å². The third kappa shape index (κ3) is 3.67. The van der Waals surface area contributed by atoms with E-state index >= 15 is 0 Å². The Morgan fingerprint density at radius 2 is 1.42 bits per heavy atom. The molecule has 0 heterocycles. The number of hydrogen-bond donors (Lipinski definition) is 2. The van der Waals surface area contributed by atoms with Crippen LogP contribution in [0.5, 0.6) is 0 Å². The molecular formula is C19H16ClN3O. The van der Waals surface area contributed by atoms with Crippen LogP contribution in [0, 0.1) is 0 Å². The van der Waals surface area contributed by atoms with Crippen molar-refractivity contribution in [1.82, 2.24) is 0 Å². The summed E-state index contributed by atoms with van der Waals surface area (Å²) < 4.78 is 0. The smallest absolute Gasteiger partial charge is 0.330 e. The first-order chi connectivity index (χ1) is 11.6. The van der Waals surface area contributed by atoms with Crippen molar-refractivity contribution in [1.29, 1.82) is 0 Å². The number of carbonyl (C=O) groups is 1. The lowest BCUT2D eigenvalue weighted by Crippen LogP contribution is -2.30. The van der Waals surface area contributed by atoms with Crippen LogP contribution >= 0.6 is 11.6 Å². The number of para-hydroxylation sites is 1. The minimum atomic E-state index is -0.270. The van der Waals surface area contributed by atoms with Gasteiger partial charge in [0.05, 0.1) is 11.4 Å². The molecule has 0 saturated heterocycles. The maximum atomic E-state index is 12.8. The topological polar surface area (TPSA) is 58.4 Å². The minimum absolute atomic E-state index is 0.270. The highest BCUT2D eigenvalue weighted by Crippen LogP contribution is 2.27. The van der Waals surface area contributed by atoms with Crippen molar-refractivity contribution < 1.29 is 4.79 Å². The second-order valence-corrected chi connectivity index (χ2v) is 5.64. The summed E-state index contributed by atoms with van der Waals surface area (Å²) in [5.41, 5.74) is 8.54. The van der Waals surface area contributed by atoms with Gasteiger partial charge in [0.2, 0.25) is 0 Å². The lowest BCUT2D eigenvalue weighted by atomic mass is 10.2. The number of nitrogen functional groups attached to an aromatic ring is 1. The van der Waals surface area contributed by atoms with Gasteiger partial charge in [0.15, 0.2) is 0 Å². The number of nitrogens with zero attached hydrogens (tertiary/aromatic N) is 1. The van der Waals surface area contributed by atoms with Crippen molar-refractivity contribution in [2.24, 2.45) is 0 Å². The van der Waals surface area contributed by atoms with Crippen LogP contribution in [0.25, 0.3) is 0 Å². The molecule has 3 rings (SSSR count). The van der Waals surface area contributed by atoms with Gasteiger partial charge in [0.25, 0.3) is 0 Å². The SMILES string of the molecule is Nc1ccc(N(C(=O)Nc2ccc(Cl)cc2)c2ccccc2)cc1. The summed E-state index contributed by atoms with van der Waals surface area (Å²) in [5.74, 6) is 0. The summed E-state index contributed by atoms with van der Waals surface area (Å²) in [6, 6.07) is 23.3. The number of urea groups is 1. The summed E-state index contributed by atoms with van der Waals surface area (Å²) in [6.45, 7) is 0. The molecule has 0 fully saturated rings. The molecule has 0 aromatic heterocycles. The van der Waals surface area contributed by atoms with Crippen LogP contribution in [0.15, 0.2) is 78.9 Å². The van der Waals surface area contributed by atoms with Crippen LogP contribution in [-0.4, -0.2) is 6.03 Å². The third-order valence-corrected chi connectivity index (χ3v) is 3.72. The zero-order chi connectivity index (χ0) is 16.9. The van der Waals surface area contributed by atoms with Crippen LogP contribution < -0.4 is 16.0 Å². The number of hydrogen-bond acceptors (Lipinski definition) is 2. The summed E-state index contributed by atoms with van der Waals surface area (Å²) in [7, 11) is 0. The molecule has 24 heavy (non-hydrogen) atoms. The number of nitrogens with two attached hydrogens (primary N) is 1. The van der Waals surface area contributed by atoms with Gasteiger partial charge in [0, 0.05) is 16.4 Å². The molecule has 0 unspecified atom stereocenters. The molecule has 0 aliphatic carbocycles. The molecule has 0 atom stereocenters. The molecule has 4 nitrogen and oxygen atoms in total. The number of nitrogens with one attached hydrogen (secondary N) is 1. The maximum absolute atomic E-state index is 12.8. The van der Waals surface area contributed by atoms with Crippen LogP contribution in [0.1, 0.15) is 0 Å². The monoisotopic (exact) mass is 337 g/mol. The fraction of sp³-hybridized carbons (Fsp3) is 0. The molecule has 0 saturated carbocycles. The number of rotatable bonds is 3. The third-order valence-electron chi connectivity index (χ3n) is 3.46. The zero-order valence-electron chi connectivity index (χ0n) is 12.8. The van der Waals surface area contributed by atoms with E-state index in [1.807, 2.05) is 42.5 Å². The Bertz CT molecular complexity index is 817. The Balaban J connectivity index is 1.93. The van der Waals surface area contributed by atoms with Crippen LogP contribution in [0.2, 0.25) is 5.02 Å². The molecule has 0 aliphatic heterocycles. The highest BCUT2D eigenvalue weighted by atomic mass is 35.5. The van der Waals surface area contributed by atoms with E-state index in [1.54, 1.807) is 41.3 Å². The molecule has 3 aromatic rings. The lowest BCUT2D eigenvalue weighted by molar-refractivity contribution is 0.259. The first-order valence-corrected chi connectivity index (χ1v) is 7.78. The van der Waals surface area contributed by atoms with Crippen LogP contribution in [0.3, 0.4) is 0 Å². The number of amides is 2. The van der Waals surface area contributed by atoms with Crippen molar-refractivity contribution in [3.8, 4) is 0 Å². The van der Waals surface area contributed by atoms with Crippen LogP contribution in [0.4, 0.5) is 27.5 Å². The zero-order valence-corrected chi connectivity index (χ0v) is 13.6. The van der Waals surface area contributed by atoms with Crippen LogP contribution in [-0.2, 0) is 0 Å². The van der Waals surface area contributed by atoms with E-state index < -0.39 is 0 Å². The molecule has 0 bridgehead atoms. The van der Waals surface area contributed by atoms with Gasteiger partial charge in [-0.3, -0.25) is 4.90 Å². The quantitative estimate of drug-likeness (QED) is 0.638. The number of benzene rings is 3. The highest BCUT2D eigenvalue weighted by molar-refractivity contribution is 6.30. The summed E-state index contributed by atoms with van der Waals surface area (Å²) >= 11 is 5.88. The maximum Gasteiger partial charge on any atom is 0.330 e. The van der Waals surface area contributed by atoms with Gasteiger partial charge in [-0.05, 0) is 60.7 Å². The predicted octanol–water partition coefficient (Wildman–Crippen LogP) is 5.29. The van der Waals surface area contributed by atoms with Crippen molar-refractivity contribution in [2.75, 3.05) is 16.0 Å². The van der Waals surface area contributed by atoms with E-state index in [0.717, 1.165) is 11.4 Å². The van der Waals surface area contributed by atoms with Crippen molar-refractivity contribution >= 4 is 40.4 Å². The van der Waals surface area contributed by atoms with E-state index in [-0.39, 0.29) is 6.03 Å².